The predicted molar refractivity (Wildman–Crippen MR) is 94.4 cm³/mol. The lowest BCUT2D eigenvalue weighted by Gasteiger charge is -2.15. The van der Waals surface area contributed by atoms with Crippen molar-refractivity contribution in [2.75, 3.05) is 0 Å². The quantitative estimate of drug-likeness (QED) is 0.567. The number of rotatable bonds is 4. The van der Waals surface area contributed by atoms with Crippen LogP contribution >= 0.6 is 15.9 Å². The average Bonchev–Trinajstić information content (AvgIpc) is 2.60. The molecule has 134 valence electrons. The number of carboxylic acids is 1. The maximum absolute atomic E-state index is 13.1. The van der Waals surface area contributed by atoms with Gasteiger partial charge >= 0.3 is 12.1 Å². The molecule has 0 aromatic heterocycles. The van der Waals surface area contributed by atoms with Crippen LogP contribution in [-0.4, -0.2) is 11.1 Å². The van der Waals surface area contributed by atoms with E-state index in [1.165, 1.54) is 30.3 Å². The molecule has 0 aliphatic heterocycles. The lowest BCUT2D eigenvalue weighted by atomic mass is 10.0. The summed E-state index contributed by atoms with van der Waals surface area (Å²) < 4.78 is 45.2. The van der Waals surface area contributed by atoms with Gasteiger partial charge in [-0.1, -0.05) is 30.3 Å². The number of alkyl halides is 3. The Morgan fingerprint density at radius 3 is 2.42 bits per heavy atom. The molecule has 3 aromatic carbocycles. The summed E-state index contributed by atoms with van der Waals surface area (Å²) >= 11 is 3.36. The molecule has 26 heavy (non-hydrogen) atoms. The van der Waals surface area contributed by atoms with Gasteiger partial charge in [-0.15, -0.1) is 0 Å². The number of carbonyl (C=O) groups is 1. The van der Waals surface area contributed by atoms with Gasteiger partial charge < -0.3 is 9.84 Å². The van der Waals surface area contributed by atoms with Gasteiger partial charge in [0.15, 0.2) is 0 Å². The Bertz CT molecular complexity index is 983. The number of hydrogen-bond donors (Lipinski definition) is 1. The van der Waals surface area contributed by atoms with E-state index in [4.69, 9.17) is 4.74 Å². The molecule has 7 heteroatoms. The molecule has 3 aromatic rings. The minimum absolute atomic E-state index is 0.0197. The highest BCUT2D eigenvalue weighted by Crippen LogP contribution is 2.36. The molecule has 0 unspecified atom stereocenters. The molecule has 0 heterocycles. The van der Waals surface area contributed by atoms with Crippen LogP contribution in [0.25, 0.3) is 10.8 Å². The van der Waals surface area contributed by atoms with Crippen molar-refractivity contribution in [1.82, 2.24) is 0 Å². The van der Waals surface area contributed by atoms with Gasteiger partial charge in [0.1, 0.15) is 12.4 Å². The summed E-state index contributed by atoms with van der Waals surface area (Å²) in [5.74, 6) is -0.729. The number of benzene rings is 3. The van der Waals surface area contributed by atoms with Crippen LogP contribution in [0.5, 0.6) is 5.75 Å². The molecule has 0 fully saturated rings. The molecule has 0 saturated heterocycles. The van der Waals surface area contributed by atoms with E-state index in [1.54, 1.807) is 18.2 Å². The van der Waals surface area contributed by atoms with Gasteiger partial charge in [-0.2, -0.15) is 13.2 Å². The monoisotopic (exact) mass is 424 g/mol. The number of ether oxygens (including phenoxy) is 1. The van der Waals surface area contributed by atoms with Gasteiger partial charge in [-0.05, 0) is 45.6 Å². The molecular weight excluding hydrogens is 413 g/mol. The summed E-state index contributed by atoms with van der Waals surface area (Å²) in [7, 11) is 0. The lowest BCUT2D eigenvalue weighted by Crippen LogP contribution is -2.10. The van der Waals surface area contributed by atoms with E-state index in [9.17, 15) is 23.1 Å². The van der Waals surface area contributed by atoms with E-state index in [0.717, 1.165) is 6.07 Å². The zero-order valence-electron chi connectivity index (χ0n) is 13.2. The summed E-state index contributed by atoms with van der Waals surface area (Å²) in [6, 6.07) is 13.1. The van der Waals surface area contributed by atoms with Gasteiger partial charge in [-0.3, -0.25) is 0 Å². The van der Waals surface area contributed by atoms with Crippen molar-refractivity contribution in [3.05, 3.63) is 75.8 Å². The summed E-state index contributed by atoms with van der Waals surface area (Å²) in [5, 5.41) is 10.4. The Hall–Kier alpha value is -2.54. The van der Waals surface area contributed by atoms with E-state index in [1.807, 2.05) is 0 Å². The SMILES string of the molecule is O=C(O)c1cccc2c(Br)c(OCc3ccccc3C(F)(F)F)ccc12. The van der Waals surface area contributed by atoms with Crippen molar-refractivity contribution in [1.29, 1.82) is 0 Å². The predicted octanol–water partition coefficient (Wildman–Crippen LogP) is 5.90. The zero-order valence-corrected chi connectivity index (χ0v) is 14.8. The Morgan fingerprint density at radius 2 is 1.73 bits per heavy atom. The van der Waals surface area contributed by atoms with Crippen LogP contribution in [0.15, 0.2) is 59.1 Å². The fourth-order valence-corrected chi connectivity index (χ4v) is 3.27. The van der Waals surface area contributed by atoms with Crippen LogP contribution in [0.1, 0.15) is 21.5 Å². The lowest BCUT2D eigenvalue weighted by molar-refractivity contribution is -0.138. The number of fused-ring (bicyclic) bond motifs is 1. The normalized spacial score (nSPS) is 11.5. The number of carboxylic acid groups (broad SMARTS) is 1. The molecule has 0 aliphatic carbocycles. The van der Waals surface area contributed by atoms with Gasteiger partial charge in [0.05, 0.1) is 15.6 Å². The van der Waals surface area contributed by atoms with Crippen molar-refractivity contribution >= 4 is 32.7 Å². The molecule has 0 aliphatic rings. The largest absolute Gasteiger partial charge is 0.488 e. The second-order valence-electron chi connectivity index (χ2n) is 5.53. The van der Waals surface area contributed by atoms with Crippen molar-refractivity contribution in [2.24, 2.45) is 0 Å². The molecule has 0 bridgehead atoms. The highest BCUT2D eigenvalue weighted by Gasteiger charge is 2.33. The molecule has 3 nitrogen and oxygen atoms in total. The Balaban J connectivity index is 1.94. The maximum atomic E-state index is 13.1. The minimum atomic E-state index is -4.46. The van der Waals surface area contributed by atoms with Crippen molar-refractivity contribution in [3.63, 3.8) is 0 Å². The summed E-state index contributed by atoms with van der Waals surface area (Å²) in [5.41, 5.74) is -0.589. The molecule has 0 spiro atoms. The first-order valence-electron chi connectivity index (χ1n) is 7.51. The Morgan fingerprint density at radius 1 is 1.00 bits per heavy atom. The third-order valence-electron chi connectivity index (χ3n) is 3.90. The third kappa shape index (κ3) is 3.53. The third-order valence-corrected chi connectivity index (χ3v) is 4.71. The molecular formula is C19H12BrF3O3. The minimum Gasteiger partial charge on any atom is -0.488 e. The molecule has 3 rings (SSSR count). The Kier molecular flexibility index (Phi) is 4.91. The van der Waals surface area contributed by atoms with Crippen LogP contribution < -0.4 is 4.74 Å². The maximum Gasteiger partial charge on any atom is 0.416 e. The van der Waals surface area contributed by atoms with E-state index in [2.05, 4.69) is 15.9 Å². The summed E-state index contributed by atoms with van der Waals surface area (Å²) in [6.07, 6.45) is -4.46. The summed E-state index contributed by atoms with van der Waals surface area (Å²) in [6.45, 7) is -0.265. The van der Waals surface area contributed by atoms with E-state index < -0.39 is 17.7 Å². The molecule has 0 amide bonds. The van der Waals surface area contributed by atoms with Crippen molar-refractivity contribution < 1.29 is 27.8 Å². The first-order chi connectivity index (χ1) is 12.3. The van der Waals surface area contributed by atoms with Gasteiger partial charge in [0, 0.05) is 10.9 Å². The number of aromatic carboxylic acids is 1. The summed E-state index contributed by atoms with van der Waals surface area (Å²) in [4.78, 5) is 11.3. The van der Waals surface area contributed by atoms with Crippen molar-refractivity contribution in [3.8, 4) is 5.75 Å². The first kappa shape index (κ1) is 18.3. The fourth-order valence-electron chi connectivity index (χ4n) is 2.68. The highest BCUT2D eigenvalue weighted by molar-refractivity contribution is 9.10. The second kappa shape index (κ2) is 6.99. The highest BCUT2D eigenvalue weighted by atomic mass is 79.9. The molecule has 0 radical (unpaired) electrons. The van der Waals surface area contributed by atoms with Gasteiger partial charge in [-0.25, -0.2) is 4.79 Å². The topological polar surface area (TPSA) is 46.5 Å². The number of halogens is 4. The van der Waals surface area contributed by atoms with E-state index in [0.29, 0.717) is 21.0 Å². The fraction of sp³-hybridized carbons (Fsp3) is 0.105. The molecule has 0 atom stereocenters. The van der Waals surface area contributed by atoms with Crippen LogP contribution in [0.2, 0.25) is 0 Å². The smallest absolute Gasteiger partial charge is 0.416 e. The van der Waals surface area contributed by atoms with Gasteiger partial charge in [0.2, 0.25) is 0 Å². The average molecular weight is 425 g/mol. The van der Waals surface area contributed by atoms with Crippen LogP contribution in [0.3, 0.4) is 0 Å². The standard InChI is InChI=1S/C19H12BrF3O3/c20-17-13-5-3-6-14(18(24)25)12(13)8-9-16(17)26-10-11-4-1-2-7-15(11)19(21,22)23/h1-9H,10H2,(H,24,25). The van der Waals surface area contributed by atoms with E-state index >= 15 is 0 Å². The Labute approximate surface area is 155 Å². The zero-order chi connectivity index (χ0) is 18.9. The molecule has 1 N–H and O–H groups in total. The van der Waals surface area contributed by atoms with Crippen LogP contribution in [0, 0.1) is 0 Å². The van der Waals surface area contributed by atoms with Crippen molar-refractivity contribution in [2.45, 2.75) is 12.8 Å². The van der Waals surface area contributed by atoms with E-state index in [-0.39, 0.29) is 17.7 Å². The van der Waals surface area contributed by atoms with Crippen LogP contribution in [-0.2, 0) is 12.8 Å². The second-order valence-corrected chi connectivity index (χ2v) is 6.32. The first-order valence-corrected chi connectivity index (χ1v) is 8.31. The van der Waals surface area contributed by atoms with Crippen LogP contribution in [0.4, 0.5) is 13.2 Å². The molecule has 0 saturated carbocycles. The van der Waals surface area contributed by atoms with Gasteiger partial charge in [0.25, 0.3) is 0 Å². The number of hydrogen-bond acceptors (Lipinski definition) is 2.